The van der Waals surface area contributed by atoms with Crippen LogP contribution in [0.25, 0.3) is 0 Å². The normalized spacial score (nSPS) is 13.4. The second kappa shape index (κ2) is 9.96. The van der Waals surface area contributed by atoms with Crippen LogP contribution in [0.2, 0.25) is 0 Å². The Labute approximate surface area is 171 Å². The van der Waals surface area contributed by atoms with E-state index in [0.29, 0.717) is 42.4 Å². The molecular formula is C23H28N2O4. The van der Waals surface area contributed by atoms with Crippen LogP contribution in [-0.2, 0) is 4.79 Å². The van der Waals surface area contributed by atoms with Crippen LogP contribution in [0.3, 0.4) is 0 Å². The van der Waals surface area contributed by atoms with Gasteiger partial charge in [-0.05, 0) is 55.7 Å². The number of amides is 2. The molecule has 154 valence electrons. The number of carbonyl (C=O) groups excluding carboxylic acids is 2. The molecule has 0 radical (unpaired) electrons. The molecule has 0 spiro atoms. The molecule has 0 aromatic heterocycles. The molecule has 2 aromatic carbocycles. The van der Waals surface area contributed by atoms with E-state index in [1.807, 2.05) is 32.0 Å². The number of hydrogen-bond donors (Lipinski definition) is 1. The van der Waals surface area contributed by atoms with Gasteiger partial charge in [-0.2, -0.15) is 0 Å². The van der Waals surface area contributed by atoms with Crippen LogP contribution in [0.15, 0.2) is 42.5 Å². The molecule has 3 rings (SSSR count). The fourth-order valence-electron chi connectivity index (χ4n) is 3.16. The summed E-state index contributed by atoms with van der Waals surface area (Å²) < 4.78 is 11.5. The average Bonchev–Trinajstić information content (AvgIpc) is 3.17. The van der Waals surface area contributed by atoms with Gasteiger partial charge in [-0.1, -0.05) is 13.8 Å². The molecule has 6 nitrogen and oxygen atoms in total. The first-order valence-corrected chi connectivity index (χ1v) is 10.2. The number of carbonyl (C=O) groups is 2. The highest BCUT2D eigenvalue weighted by molar-refractivity contribution is 6.05. The predicted molar refractivity (Wildman–Crippen MR) is 114 cm³/mol. The Kier molecular flexibility index (Phi) is 7.11. The minimum atomic E-state index is -0.215. The van der Waals surface area contributed by atoms with Crippen molar-refractivity contribution in [3.8, 4) is 11.5 Å². The minimum absolute atomic E-state index is 0.132. The van der Waals surface area contributed by atoms with Crippen LogP contribution >= 0.6 is 0 Å². The van der Waals surface area contributed by atoms with Crippen LogP contribution in [0.1, 0.15) is 49.9 Å². The summed E-state index contributed by atoms with van der Waals surface area (Å²) in [7, 11) is 0. The van der Waals surface area contributed by atoms with Crippen LogP contribution in [-0.4, -0.2) is 31.6 Å². The van der Waals surface area contributed by atoms with Gasteiger partial charge in [0.25, 0.3) is 5.91 Å². The minimum Gasteiger partial charge on any atom is -0.490 e. The van der Waals surface area contributed by atoms with Crippen molar-refractivity contribution in [2.24, 2.45) is 0 Å². The van der Waals surface area contributed by atoms with Crippen LogP contribution < -0.4 is 19.7 Å². The lowest BCUT2D eigenvalue weighted by Gasteiger charge is -2.16. The molecule has 0 saturated carbocycles. The summed E-state index contributed by atoms with van der Waals surface area (Å²) in [6, 6.07) is 12.5. The maximum Gasteiger partial charge on any atom is 0.255 e. The van der Waals surface area contributed by atoms with Gasteiger partial charge in [-0.15, -0.1) is 0 Å². The zero-order chi connectivity index (χ0) is 20.6. The average molecular weight is 396 g/mol. The maximum absolute atomic E-state index is 12.6. The molecular weight excluding hydrogens is 368 g/mol. The Morgan fingerprint density at radius 1 is 1.00 bits per heavy atom. The van der Waals surface area contributed by atoms with E-state index in [1.54, 1.807) is 29.2 Å². The van der Waals surface area contributed by atoms with Crippen molar-refractivity contribution >= 4 is 23.2 Å². The van der Waals surface area contributed by atoms with Crippen LogP contribution in [0.4, 0.5) is 11.4 Å². The summed E-state index contributed by atoms with van der Waals surface area (Å²) in [5.41, 5.74) is 2.00. The van der Waals surface area contributed by atoms with Gasteiger partial charge in [0.1, 0.15) is 0 Å². The summed E-state index contributed by atoms with van der Waals surface area (Å²) in [5.74, 6) is 1.22. The molecule has 0 aliphatic carbocycles. The zero-order valence-corrected chi connectivity index (χ0v) is 17.1. The van der Waals surface area contributed by atoms with Crippen molar-refractivity contribution in [3.05, 3.63) is 48.0 Å². The Hall–Kier alpha value is -3.02. The van der Waals surface area contributed by atoms with E-state index in [0.717, 1.165) is 31.5 Å². The monoisotopic (exact) mass is 396 g/mol. The van der Waals surface area contributed by atoms with Crippen LogP contribution in [0.5, 0.6) is 11.5 Å². The third-order valence-electron chi connectivity index (χ3n) is 4.64. The fraction of sp³-hybridized carbons (Fsp3) is 0.391. The highest BCUT2D eigenvalue weighted by atomic mass is 16.5. The van der Waals surface area contributed by atoms with Crippen molar-refractivity contribution in [2.75, 3.05) is 30.0 Å². The lowest BCUT2D eigenvalue weighted by Crippen LogP contribution is -2.23. The Morgan fingerprint density at radius 2 is 1.69 bits per heavy atom. The van der Waals surface area contributed by atoms with Gasteiger partial charge in [0, 0.05) is 36.0 Å². The Morgan fingerprint density at radius 3 is 2.31 bits per heavy atom. The van der Waals surface area contributed by atoms with Crippen LogP contribution in [0, 0.1) is 0 Å². The molecule has 1 aliphatic heterocycles. The molecule has 1 N–H and O–H groups in total. The smallest absolute Gasteiger partial charge is 0.255 e. The van der Waals surface area contributed by atoms with Gasteiger partial charge in [0.15, 0.2) is 11.5 Å². The number of nitrogens with one attached hydrogen (secondary N) is 1. The number of rotatable bonds is 9. The van der Waals surface area contributed by atoms with Gasteiger partial charge in [0.2, 0.25) is 5.91 Å². The third-order valence-corrected chi connectivity index (χ3v) is 4.64. The molecule has 2 amide bonds. The highest BCUT2D eigenvalue weighted by Crippen LogP contribution is 2.31. The maximum atomic E-state index is 12.6. The Balaban J connectivity index is 1.69. The second-order valence-corrected chi connectivity index (χ2v) is 7.01. The van der Waals surface area contributed by atoms with Gasteiger partial charge >= 0.3 is 0 Å². The van der Waals surface area contributed by atoms with E-state index >= 15 is 0 Å². The summed E-state index contributed by atoms with van der Waals surface area (Å²) in [6.07, 6.45) is 3.25. The molecule has 6 heteroatoms. The molecule has 1 aliphatic rings. The van der Waals surface area contributed by atoms with Crippen molar-refractivity contribution in [1.82, 2.24) is 0 Å². The molecule has 0 atom stereocenters. The molecule has 0 bridgehead atoms. The molecule has 1 heterocycles. The van der Waals surface area contributed by atoms with Gasteiger partial charge in [-0.3, -0.25) is 9.59 Å². The summed E-state index contributed by atoms with van der Waals surface area (Å²) in [5, 5.41) is 2.90. The molecule has 1 saturated heterocycles. The SMILES string of the molecule is CCCOc1ccc(NC(=O)c2ccc(N3CCCC3=O)cc2)cc1OCCC. The van der Waals surface area contributed by atoms with Crippen molar-refractivity contribution in [2.45, 2.75) is 39.5 Å². The summed E-state index contributed by atoms with van der Waals surface area (Å²) in [4.78, 5) is 26.2. The quantitative estimate of drug-likeness (QED) is 0.670. The topological polar surface area (TPSA) is 67.9 Å². The van der Waals surface area contributed by atoms with Gasteiger partial charge < -0.3 is 19.7 Å². The first-order chi connectivity index (χ1) is 14.1. The van der Waals surface area contributed by atoms with Crippen molar-refractivity contribution in [1.29, 1.82) is 0 Å². The van der Waals surface area contributed by atoms with E-state index in [1.165, 1.54) is 0 Å². The Bertz CT molecular complexity index is 848. The number of anilines is 2. The van der Waals surface area contributed by atoms with Gasteiger partial charge in [0.05, 0.1) is 13.2 Å². The molecule has 1 fully saturated rings. The van der Waals surface area contributed by atoms with E-state index in [4.69, 9.17) is 9.47 Å². The number of ether oxygens (including phenoxy) is 2. The van der Waals surface area contributed by atoms with E-state index < -0.39 is 0 Å². The number of hydrogen-bond acceptors (Lipinski definition) is 4. The van der Waals surface area contributed by atoms with Crippen molar-refractivity contribution in [3.63, 3.8) is 0 Å². The highest BCUT2D eigenvalue weighted by Gasteiger charge is 2.21. The third kappa shape index (κ3) is 5.28. The lowest BCUT2D eigenvalue weighted by molar-refractivity contribution is -0.117. The molecule has 2 aromatic rings. The van der Waals surface area contributed by atoms with Gasteiger partial charge in [-0.25, -0.2) is 0 Å². The molecule has 0 unspecified atom stereocenters. The largest absolute Gasteiger partial charge is 0.490 e. The summed E-state index contributed by atoms with van der Waals surface area (Å²) in [6.45, 7) is 6.01. The van der Waals surface area contributed by atoms with E-state index in [2.05, 4.69) is 5.32 Å². The van der Waals surface area contributed by atoms with E-state index in [9.17, 15) is 9.59 Å². The molecule has 29 heavy (non-hydrogen) atoms. The van der Waals surface area contributed by atoms with E-state index in [-0.39, 0.29) is 11.8 Å². The second-order valence-electron chi connectivity index (χ2n) is 7.01. The first-order valence-electron chi connectivity index (χ1n) is 10.2. The fourth-order valence-corrected chi connectivity index (χ4v) is 3.16. The first kappa shape index (κ1) is 20.7. The predicted octanol–water partition coefficient (Wildman–Crippen LogP) is 4.64. The van der Waals surface area contributed by atoms with Crippen molar-refractivity contribution < 1.29 is 19.1 Å². The lowest BCUT2D eigenvalue weighted by atomic mass is 10.1. The number of nitrogens with zero attached hydrogens (tertiary/aromatic N) is 1. The summed E-state index contributed by atoms with van der Waals surface area (Å²) >= 11 is 0. The standard InChI is InChI=1S/C23H28N2O4/c1-3-14-28-20-12-9-18(16-21(20)29-15-4-2)24-23(27)17-7-10-19(11-8-17)25-13-5-6-22(25)26/h7-12,16H,3-6,13-15H2,1-2H3,(H,24,27). The number of benzene rings is 2. The zero-order valence-electron chi connectivity index (χ0n) is 17.1.